The Hall–Kier alpha value is -2.69. The van der Waals surface area contributed by atoms with Crippen LogP contribution in [0.2, 0.25) is 0 Å². The normalized spacial score (nSPS) is 11.2. The molecule has 0 spiro atoms. The van der Waals surface area contributed by atoms with E-state index < -0.39 is 4.92 Å². The Bertz CT molecular complexity index is 594. The summed E-state index contributed by atoms with van der Waals surface area (Å²) in [4.78, 5) is 10.5. The largest absolute Gasteiger partial charge is 0.323 e. The molecule has 0 saturated heterocycles. The fourth-order valence-electron chi connectivity index (χ4n) is 1.73. The lowest BCUT2D eigenvalue weighted by atomic mass is 10.0. The molecule has 0 amide bonds. The van der Waals surface area contributed by atoms with Crippen molar-refractivity contribution in [1.82, 2.24) is 0 Å². The second-order valence-corrected chi connectivity index (χ2v) is 3.62. The maximum absolute atomic E-state index is 11.0. The molecular weight excluding hydrogens is 230 g/mol. The summed E-state index contributed by atoms with van der Waals surface area (Å²) in [5.41, 5.74) is 1.55. The van der Waals surface area contributed by atoms with Gasteiger partial charge in [-0.3, -0.25) is 10.1 Å². The van der Waals surface area contributed by atoms with Crippen molar-refractivity contribution in [3.05, 3.63) is 75.8 Å². The van der Waals surface area contributed by atoms with E-state index in [2.05, 4.69) is 5.10 Å². The molecule has 0 aliphatic heterocycles. The summed E-state index contributed by atoms with van der Waals surface area (Å²) in [5, 5.41) is 14.7. The van der Waals surface area contributed by atoms with Gasteiger partial charge in [0.2, 0.25) is 0 Å². The van der Waals surface area contributed by atoms with Gasteiger partial charge in [-0.1, -0.05) is 42.5 Å². The van der Waals surface area contributed by atoms with Crippen molar-refractivity contribution in [2.45, 2.75) is 0 Å². The molecule has 2 aromatic rings. The first kappa shape index (κ1) is 11.8. The molecule has 90 valence electrons. The lowest BCUT2D eigenvalue weighted by molar-refractivity contribution is -0.385. The minimum absolute atomic E-state index is 0.00875. The lowest BCUT2D eigenvalue weighted by Crippen LogP contribution is -2.09. The minimum atomic E-state index is -0.441. The van der Waals surface area contributed by atoms with Gasteiger partial charge in [-0.25, -0.2) is 0 Å². The highest BCUT2D eigenvalue weighted by Crippen LogP contribution is 2.21. The summed E-state index contributed by atoms with van der Waals surface area (Å²) in [6.45, 7) is 0. The number of rotatable bonds is 3. The molecule has 0 fully saturated rings. The molecule has 0 unspecified atom stereocenters. The van der Waals surface area contributed by atoms with Crippen molar-refractivity contribution >= 4 is 11.4 Å². The molecule has 0 radical (unpaired) electrons. The Balaban J connectivity index is 2.57. The highest BCUT2D eigenvalue weighted by Gasteiger charge is 2.18. The fourth-order valence-corrected chi connectivity index (χ4v) is 1.73. The van der Waals surface area contributed by atoms with E-state index in [1.807, 2.05) is 30.3 Å². The van der Waals surface area contributed by atoms with E-state index in [0.717, 1.165) is 5.56 Å². The summed E-state index contributed by atoms with van der Waals surface area (Å²) in [7, 11) is 0. The van der Waals surface area contributed by atoms with Gasteiger partial charge in [0.15, 0.2) is 0 Å². The third-order valence-corrected chi connectivity index (χ3v) is 2.53. The fraction of sp³-hybridized carbons (Fsp3) is 0. The Morgan fingerprint density at radius 3 is 2.28 bits per heavy atom. The second kappa shape index (κ2) is 5.09. The molecule has 0 heterocycles. The van der Waals surface area contributed by atoms with Crippen molar-refractivity contribution < 1.29 is 4.92 Å². The quantitative estimate of drug-likeness (QED) is 0.387. The summed E-state index contributed by atoms with van der Waals surface area (Å²) in [5.74, 6) is 5.37. The number of benzene rings is 2. The van der Waals surface area contributed by atoms with E-state index in [0.29, 0.717) is 11.3 Å². The van der Waals surface area contributed by atoms with Crippen LogP contribution in [0.3, 0.4) is 0 Å². The van der Waals surface area contributed by atoms with Crippen LogP contribution in [-0.2, 0) is 0 Å². The summed E-state index contributed by atoms with van der Waals surface area (Å²) in [6, 6.07) is 15.5. The van der Waals surface area contributed by atoms with Crippen LogP contribution >= 0.6 is 0 Å². The van der Waals surface area contributed by atoms with Gasteiger partial charge in [0, 0.05) is 11.6 Å². The van der Waals surface area contributed by atoms with Gasteiger partial charge < -0.3 is 5.84 Å². The van der Waals surface area contributed by atoms with Crippen LogP contribution < -0.4 is 5.84 Å². The van der Waals surface area contributed by atoms with Gasteiger partial charge in [0.05, 0.1) is 10.5 Å². The molecular formula is C13H11N3O2. The molecule has 2 aromatic carbocycles. The second-order valence-electron chi connectivity index (χ2n) is 3.62. The van der Waals surface area contributed by atoms with Crippen LogP contribution in [0.1, 0.15) is 11.1 Å². The van der Waals surface area contributed by atoms with Crippen LogP contribution in [0, 0.1) is 10.1 Å². The Labute approximate surface area is 104 Å². The predicted molar refractivity (Wildman–Crippen MR) is 69.4 cm³/mol. The Kier molecular flexibility index (Phi) is 3.33. The van der Waals surface area contributed by atoms with Gasteiger partial charge in [0.25, 0.3) is 5.69 Å². The van der Waals surface area contributed by atoms with Crippen molar-refractivity contribution in [2.75, 3.05) is 0 Å². The van der Waals surface area contributed by atoms with Gasteiger partial charge >= 0.3 is 0 Å². The van der Waals surface area contributed by atoms with Gasteiger partial charge in [-0.2, -0.15) is 5.10 Å². The average molecular weight is 241 g/mol. The molecule has 5 nitrogen and oxygen atoms in total. The predicted octanol–water partition coefficient (Wildman–Crippen LogP) is 2.31. The van der Waals surface area contributed by atoms with Crippen LogP contribution in [0.15, 0.2) is 59.7 Å². The van der Waals surface area contributed by atoms with E-state index in [-0.39, 0.29) is 5.69 Å². The van der Waals surface area contributed by atoms with E-state index in [4.69, 9.17) is 5.84 Å². The number of nitro benzene ring substituents is 1. The van der Waals surface area contributed by atoms with Crippen molar-refractivity contribution in [1.29, 1.82) is 0 Å². The molecule has 0 bridgehead atoms. The van der Waals surface area contributed by atoms with E-state index in [1.165, 1.54) is 6.07 Å². The highest BCUT2D eigenvalue weighted by molar-refractivity contribution is 6.14. The summed E-state index contributed by atoms with van der Waals surface area (Å²) in [6.07, 6.45) is 0. The van der Waals surface area contributed by atoms with Crippen molar-refractivity contribution in [3.8, 4) is 0 Å². The zero-order valence-electron chi connectivity index (χ0n) is 9.48. The van der Waals surface area contributed by atoms with Crippen molar-refractivity contribution in [3.63, 3.8) is 0 Å². The smallest absolute Gasteiger partial charge is 0.278 e. The molecule has 5 heteroatoms. The lowest BCUT2D eigenvalue weighted by Gasteiger charge is -2.06. The zero-order valence-corrected chi connectivity index (χ0v) is 9.48. The maximum atomic E-state index is 11.0. The number of nitrogens with zero attached hydrogens (tertiary/aromatic N) is 2. The third-order valence-electron chi connectivity index (χ3n) is 2.53. The summed E-state index contributed by atoms with van der Waals surface area (Å²) < 4.78 is 0. The van der Waals surface area contributed by atoms with Gasteiger partial charge in [0.1, 0.15) is 5.71 Å². The molecule has 0 aromatic heterocycles. The number of hydrogen-bond acceptors (Lipinski definition) is 4. The standard InChI is InChI=1S/C13H11N3O2/c14-15-13(10-6-2-1-3-7-10)11-8-4-5-9-12(11)16(17)18/h1-9H,14H2. The van der Waals surface area contributed by atoms with Crippen LogP contribution in [-0.4, -0.2) is 10.6 Å². The number of hydrogen-bond donors (Lipinski definition) is 1. The van der Waals surface area contributed by atoms with E-state index >= 15 is 0 Å². The number of nitro groups is 1. The number of para-hydroxylation sites is 1. The van der Waals surface area contributed by atoms with Gasteiger partial charge in [-0.15, -0.1) is 0 Å². The number of hydrazone groups is 1. The number of nitrogens with two attached hydrogens (primary N) is 1. The first-order valence-electron chi connectivity index (χ1n) is 5.31. The van der Waals surface area contributed by atoms with Crippen LogP contribution in [0.5, 0.6) is 0 Å². The molecule has 0 aliphatic rings. The molecule has 2 N–H and O–H groups in total. The van der Waals surface area contributed by atoms with Crippen molar-refractivity contribution in [2.24, 2.45) is 10.9 Å². The first-order chi connectivity index (χ1) is 8.74. The van der Waals surface area contributed by atoms with Crippen LogP contribution in [0.4, 0.5) is 5.69 Å². The topological polar surface area (TPSA) is 81.5 Å². The maximum Gasteiger partial charge on any atom is 0.278 e. The zero-order chi connectivity index (χ0) is 13.0. The molecule has 18 heavy (non-hydrogen) atoms. The first-order valence-corrected chi connectivity index (χ1v) is 5.31. The highest BCUT2D eigenvalue weighted by atomic mass is 16.6. The molecule has 0 atom stereocenters. The summed E-state index contributed by atoms with van der Waals surface area (Å²) >= 11 is 0. The monoisotopic (exact) mass is 241 g/mol. The Morgan fingerprint density at radius 1 is 1.06 bits per heavy atom. The van der Waals surface area contributed by atoms with Crippen LogP contribution in [0.25, 0.3) is 0 Å². The van der Waals surface area contributed by atoms with Gasteiger partial charge in [-0.05, 0) is 6.07 Å². The SMILES string of the molecule is NN=C(c1ccccc1)c1ccccc1[N+](=O)[O-]. The average Bonchev–Trinajstić information content (AvgIpc) is 2.41. The molecule has 0 aliphatic carbocycles. The molecule has 0 saturated carbocycles. The van der Waals surface area contributed by atoms with E-state index in [1.54, 1.807) is 18.2 Å². The van der Waals surface area contributed by atoms with E-state index in [9.17, 15) is 10.1 Å². The molecule has 2 rings (SSSR count). The Morgan fingerprint density at radius 2 is 1.67 bits per heavy atom. The minimum Gasteiger partial charge on any atom is -0.323 e. The third kappa shape index (κ3) is 2.20.